The molecular formula is C8H15NO2. The second kappa shape index (κ2) is 4.34. The summed E-state index contributed by atoms with van der Waals surface area (Å²) < 4.78 is 0. The first kappa shape index (κ1) is 8.53. The lowest BCUT2D eigenvalue weighted by molar-refractivity contribution is -0.138. The van der Waals surface area contributed by atoms with Gasteiger partial charge in [-0.15, -0.1) is 0 Å². The van der Waals surface area contributed by atoms with Crippen LogP contribution in [0.5, 0.6) is 0 Å². The van der Waals surface area contributed by atoms with Crippen molar-refractivity contribution in [3.05, 3.63) is 0 Å². The van der Waals surface area contributed by atoms with Crippen LogP contribution >= 0.6 is 0 Å². The molecular weight excluding hydrogens is 142 g/mol. The van der Waals surface area contributed by atoms with E-state index in [-0.39, 0.29) is 0 Å². The van der Waals surface area contributed by atoms with E-state index in [9.17, 15) is 4.79 Å². The van der Waals surface area contributed by atoms with Gasteiger partial charge in [0.05, 0.1) is 0 Å². The summed E-state index contributed by atoms with van der Waals surface area (Å²) in [5.41, 5.74) is 0. The van der Waals surface area contributed by atoms with E-state index in [0.29, 0.717) is 12.3 Å². The number of carbonyl (C=O) groups is 1. The summed E-state index contributed by atoms with van der Waals surface area (Å²) in [5.74, 6) is -0.251. The van der Waals surface area contributed by atoms with E-state index in [1.807, 2.05) is 0 Å². The molecule has 1 fully saturated rings. The third-order valence-electron chi connectivity index (χ3n) is 2.16. The van der Waals surface area contributed by atoms with Crippen molar-refractivity contribution >= 4 is 5.97 Å². The summed E-state index contributed by atoms with van der Waals surface area (Å²) in [6, 6.07) is 0. The van der Waals surface area contributed by atoms with E-state index in [1.54, 1.807) is 0 Å². The lowest BCUT2D eigenvalue weighted by atomic mass is 9.97. The third-order valence-corrected chi connectivity index (χ3v) is 2.16. The van der Waals surface area contributed by atoms with Gasteiger partial charge in [0.1, 0.15) is 0 Å². The van der Waals surface area contributed by atoms with Gasteiger partial charge in [-0.1, -0.05) is 0 Å². The molecule has 0 aliphatic carbocycles. The summed E-state index contributed by atoms with van der Waals surface area (Å²) in [6.07, 6.45) is 3.56. The first-order valence-corrected chi connectivity index (χ1v) is 4.21. The quantitative estimate of drug-likeness (QED) is 0.624. The molecule has 1 saturated heterocycles. The van der Waals surface area contributed by atoms with E-state index in [4.69, 9.17) is 5.11 Å². The summed E-state index contributed by atoms with van der Waals surface area (Å²) in [7, 11) is 0. The Morgan fingerprint density at radius 2 is 2.27 bits per heavy atom. The predicted molar refractivity (Wildman–Crippen MR) is 42.5 cm³/mol. The van der Waals surface area contributed by atoms with Crippen molar-refractivity contribution in [2.24, 2.45) is 5.92 Å². The highest BCUT2D eigenvalue weighted by molar-refractivity contribution is 5.66. The number of hydrogen-bond acceptors (Lipinski definition) is 2. The Balaban J connectivity index is 2.25. The minimum absolute atomic E-state index is 0.349. The minimum atomic E-state index is -0.656. The van der Waals surface area contributed by atoms with Crippen molar-refractivity contribution in [3.8, 4) is 0 Å². The van der Waals surface area contributed by atoms with E-state index in [0.717, 1.165) is 32.4 Å². The first-order valence-electron chi connectivity index (χ1n) is 4.21. The molecule has 1 unspecified atom stereocenters. The highest BCUT2D eigenvalue weighted by Gasteiger charge is 2.14. The van der Waals surface area contributed by atoms with Crippen LogP contribution in [0.3, 0.4) is 0 Å². The van der Waals surface area contributed by atoms with E-state index < -0.39 is 5.97 Å². The molecule has 1 rings (SSSR count). The summed E-state index contributed by atoms with van der Waals surface area (Å²) in [6.45, 7) is 2.04. The van der Waals surface area contributed by atoms with Crippen molar-refractivity contribution < 1.29 is 9.90 Å². The Bertz CT molecular complexity index is 128. The second-order valence-corrected chi connectivity index (χ2v) is 3.14. The monoisotopic (exact) mass is 157 g/mol. The molecule has 1 heterocycles. The van der Waals surface area contributed by atoms with Crippen molar-refractivity contribution in [1.29, 1.82) is 0 Å². The van der Waals surface area contributed by atoms with E-state index in [1.165, 1.54) is 0 Å². The second-order valence-electron chi connectivity index (χ2n) is 3.14. The fourth-order valence-electron chi connectivity index (χ4n) is 1.54. The standard InChI is InChI=1S/C8H15NO2/c10-8(11)6-7-2-1-4-9-5-3-7/h7,9H,1-6H2,(H,10,11). The van der Waals surface area contributed by atoms with Crippen molar-refractivity contribution in [2.75, 3.05) is 13.1 Å². The molecule has 1 aliphatic heterocycles. The normalized spacial score (nSPS) is 26.0. The van der Waals surface area contributed by atoms with Crippen LogP contribution in [0.15, 0.2) is 0 Å². The summed E-state index contributed by atoms with van der Waals surface area (Å²) in [4.78, 5) is 10.4. The van der Waals surface area contributed by atoms with Gasteiger partial charge < -0.3 is 10.4 Å². The predicted octanol–water partition coefficient (Wildman–Crippen LogP) is 0.851. The summed E-state index contributed by atoms with van der Waals surface area (Å²) in [5, 5.41) is 11.8. The smallest absolute Gasteiger partial charge is 0.303 e. The van der Waals surface area contributed by atoms with Crippen molar-refractivity contribution in [3.63, 3.8) is 0 Å². The van der Waals surface area contributed by atoms with Crippen LogP contribution in [0.4, 0.5) is 0 Å². The molecule has 11 heavy (non-hydrogen) atoms. The molecule has 0 bridgehead atoms. The Kier molecular flexibility index (Phi) is 3.36. The van der Waals surface area contributed by atoms with Crippen molar-refractivity contribution in [1.82, 2.24) is 5.32 Å². The van der Waals surface area contributed by atoms with Gasteiger partial charge in [0.25, 0.3) is 0 Å². The largest absolute Gasteiger partial charge is 0.481 e. The SMILES string of the molecule is O=C(O)CC1CCCNCC1. The molecule has 0 aromatic rings. The van der Waals surface area contributed by atoms with E-state index in [2.05, 4.69) is 5.32 Å². The van der Waals surface area contributed by atoms with Crippen LogP contribution in [0.1, 0.15) is 25.7 Å². The fourth-order valence-corrected chi connectivity index (χ4v) is 1.54. The number of carboxylic acids is 1. The van der Waals surface area contributed by atoms with Gasteiger partial charge in [0.2, 0.25) is 0 Å². The van der Waals surface area contributed by atoms with Gasteiger partial charge in [0, 0.05) is 6.42 Å². The third kappa shape index (κ3) is 3.37. The molecule has 64 valence electrons. The van der Waals surface area contributed by atoms with Gasteiger partial charge in [-0.2, -0.15) is 0 Å². The summed E-state index contributed by atoms with van der Waals surface area (Å²) >= 11 is 0. The molecule has 0 radical (unpaired) electrons. The number of nitrogens with one attached hydrogen (secondary N) is 1. The highest BCUT2D eigenvalue weighted by Crippen LogP contribution is 2.16. The average molecular weight is 157 g/mol. The van der Waals surface area contributed by atoms with Gasteiger partial charge in [-0.05, 0) is 38.3 Å². The Hall–Kier alpha value is -0.570. The van der Waals surface area contributed by atoms with E-state index >= 15 is 0 Å². The number of carboxylic acid groups (broad SMARTS) is 1. The van der Waals surface area contributed by atoms with Gasteiger partial charge >= 0.3 is 5.97 Å². The molecule has 1 aliphatic rings. The average Bonchev–Trinajstić information content (AvgIpc) is 2.14. The zero-order chi connectivity index (χ0) is 8.10. The van der Waals surface area contributed by atoms with Gasteiger partial charge in [-0.3, -0.25) is 4.79 Å². The van der Waals surface area contributed by atoms with Crippen LogP contribution in [-0.4, -0.2) is 24.2 Å². The van der Waals surface area contributed by atoms with Crippen LogP contribution in [0.2, 0.25) is 0 Å². The number of aliphatic carboxylic acids is 1. The van der Waals surface area contributed by atoms with Crippen LogP contribution in [-0.2, 0) is 4.79 Å². The minimum Gasteiger partial charge on any atom is -0.481 e. The maximum Gasteiger partial charge on any atom is 0.303 e. The number of rotatable bonds is 2. The molecule has 0 spiro atoms. The molecule has 0 aromatic carbocycles. The lowest BCUT2D eigenvalue weighted by Crippen LogP contribution is -2.14. The van der Waals surface area contributed by atoms with Gasteiger partial charge in [0.15, 0.2) is 0 Å². The fraction of sp³-hybridized carbons (Fsp3) is 0.875. The van der Waals surface area contributed by atoms with Crippen molar-refractivity contribution in [2.45, 2.75) is 25.7 Å². The Morgan fingerprint density at radius 1 is 1.45 bits per heavy atom. The van der Waals surface area contributed by atoms with Gasteiger partial charge in [-0.25, -0.2) is 0 Å². The molecule has 3 heteroatoms. The Morgan fingerprint density at radius 3 is 3.00 bits per heavy atom. The highest BCUT2D eigenvalue weighted by atomic mass is 16.4. The molecule has 0 amide bonds. The maximum absolute atomic E-state index is 10.4. The first-order chi connectivity index (χ1) is 5.29. The zero-order valence-corrected chi connectivity index (χ0v) is 6.68. The van der Waals surface area contributed by atoms with Crippen LogP contribution in [0.25, 0.3) is 0 Å². The molecule has 0 saturated carbocycles. The maximum atomic E-state index is 10.4. The molecule has 2 N–H and O–H groups in total. The van der Waals surface area contributed by atoms with Crippen LogP contribution < -0.4 is 5.32 Å². The number of hydrogen-bond donors (Lipinski definition) is 2. The Labute approximate surface area is 66.8 Å². The molecule has 1 atom stereocenters. The zero-order valence-electron chi connectivity index (χ0n) is 6.68. The molecule has 3 nitrogen and oxygen atoms in total. The molecule has 0 aromatic heterocycles. The topological polar surface area (TPSA) is 49.3 Å². The van der Waals surface area contributed by atoms with Crippen LogP contribution in [0, 0.1) is 5.92 Å². The lowest BCUT2D eigenvalue weighted by Gasteiger charge is -2.08.